The van der Waals surface area contributed by atoms with Gasteiger partial charge in [-0.3, -0.25) is 4.79 Å². The molecule has 152 valence electrons. The Morgan fingerprint density at radius 1 is 1.10 bits per heavy atom. The molecular formula is C22H22F2N2O3. The lowest BCUT2D eigenvalue weighted by molar-refractivity contribution is 0.0934. The molecular weight excluding hydrogens is 378 g/mol. The zero-order chi connectivity index (χ0) is 21.1. The van der Waals surface area contributed by atoms with Crippen molar-refractivity contribution in [3.05, 3.63) is 76.7 Å². The smallest absolute Gasteiger partial charge is 0.399 e. The van der Waals surface area contributed by atoms with Gasteiger partial charge in [0.25, 0.3) is 5.91 Å². The molecule has 3 rings (SSSR count). The number of halogens is 2. The van der Waals surface area contributed by atoms with Crippen LogP contribution in [0, 0.1) is 18.6 Å². The third-order valence-corrected chi connectivity index (χ3v) is 4.60. The number of hydrogen-bond donors (Lipinski definition) is 1. The number of carbonyl (C=O) groups excluding carboxylic acids is 1. The molecule has 0 spiro atoms. The summed E-state index contributed by atoms with van der Waals surface area (Å²) in [5, 5.41) is 2.64. The minimum absolute atomic E-state index is 0.0000743. The molecule has 7 heteroatoms. The first kappa shape index (κ1) is 20.5. The predicted octanol–water partition coefficient (Wildman–Crippen LogP) is 5.67. The van der Waals surface area contributed by atoms with Gasteiger partial charge in [-0.25, -0.2) is 8.78 Å². The maximum absolute atomic E-state index is 13.8. The topological polar surface area (TPSA) is 64.4 Å². The number of carbonyl (C=O) groups is 1. The molecule has 2 aromatic carbocycles. The second-order valence-electron chi connectivity index (χ2n) is 7.13. The van der Waals surface area contributed by atoms with Crippen LogP contribution in [0.25, 0.3) is 0 Å². The van der Waals surface area contributed by atoms with Crippen LogP contribution in [0.1, 0.15) is 59.9 Å². The van der Waals surface area contributed by atoms with E-state index >= 15 is 0 Å². The highest BCUT2D eigenvalue weighted by molar-refractivity contribution is 5.92. The van der Waals surface area contributed by atoms with Crippen LogP contribution in [0.3, 0.4) is 0 Å². The molecule has 1 amide bonds. The predicted molar refractivity (Wildman–Crippen MR) is 104 cm³/mol. The molecule has 1 heterocycles. The molecule has 1 N–H and O–H groups in total. The number of nitrogens with one attached hydrogen (secondary N) is 1. The zero-order valence-corrected chi connectivity index (χ0v) is 16.6. The summed E-state index contributed by atoms with van der Waals surface area (Å²) in [6, 6.07) is 9.25. The Kier molecular flexibility index (Phi) is 5.96. The van der Waals surface area contributed by atoms with E-state index in [2.05, 4.69) is 24.1 Å². The van der Waals surface area contributed by atoms with Gasteiger partial charge in [0, 0.05) is 5.56 Å². The van der Waals surface area contributed by atoms with Crippen molar-refractivity contribution >= 4 is 5.91 Å². The Labute approximate surface area is 167 Å². The first-order valence-corrected chi connectivity index (χ1v) is 9.24. The summed E-state index contributed by atoms with van der Waals surface area (Å²) < 4.78 is 38.3. The summed E-state index contributed by atoms with van der Waals surface area (Å²) >= 11 is 0. The lowest BCUT2D eigenvalue weighted by Crippen LogP contribution is -2.27. The Balaban J connectivity index is 1.68. The van der Waals surface area contributed by atoms with E-state index in [-0.39, 0.29) is 17.3 Å². The summed E-state index contributed by atoms with van der Waals surface area (Å²) in [4.78, 5) is 16.4. The third kappa shape index (κ3) is 4.80. The van der Waals surface area contributed by atoms with Crippen LogP contribution >= 0.6 is 0 Å². The monoisotopic (exact) mass is 400 g/mol. The van der Waals surface area contributed by atoms with Gasteiger partial charge in [0.15, 0.2) is 5.69 Å². The van der Waals surface area contributed by atoms with E-state index < -0.39 is 23.6 Å². The molecule has 0 bridgehead atoms. The van der Waals surface area contributed by atoms with Gasteiger partial charge in [0.1, 0.15) is 23.6 Å². The van der Waals surface area contributed by atoms with E-state index in [0.717, 1.165) is 5.56 Å². The summed E-state index contributed by atoms with van der Waals surface area (Å²) in [5.74, 6) is -0.997. The zero-order valence-electron chi connectivity index (χ0n) is 16.6. The minimum atomic E-state index is -0.665. The molecule has 0 unspecified atom stereocenters. The van der Waals surface area contributed by atoms with E-state index in [9.17, 15) is 13.6 Å². The van der Waals surface area contributed by atoms with Crippen LogP contribution in [-0.4, -0.2) is 10.9 Å². The van der Waals surface area contributed by atoms with Crippen molar-refractivity contribution in [2.75, 3.05) is 0 Å². The fourth-order valence-electron chi connectivity index (χ4n) is 2.72. The molecule has 29 heavy (non-hydrogen) atoms. The number of benzene rings is 2. The van der Waals surface area contributed by atoms with Gasteiger partial charge in [0.2, 0.25) is 0 Å². The number of rotatable bonds is 6. The highest BCUT2D eigenvalue weighted by atomic mass is 19.1. The maximum Gasteiger partial charge on any atom is 0.399 e. The SMILES string of the molecule is Cc1c(F)cc([C@@H](C)NC(=O)c2coc(Oc3cccc(C(C)C)c3)n2)cc1F. The van der Waals surface area contributed by atoms with Gasteiger partial charge in [0.05, 0.1) is 6.04 Å². The molecule has 0 radical (unpaired) electrons. The molecule has 1 atom stereocenters. The average Bonchev–Trinajstić information content (AvgIpc) is 3.14. The van der Waals surface area contributed by atoms with E-state index in [1.807, 2.05) is 18.2 Å². The standard InChI is InChI=1S/C22H22F2N2O3/c1-12(2)15-6-5-7-17(8-15)29-22-26-20(11-28-22)21(27)25-14(4)16-9-18(23)13(3)19(24)10-16/h5-12,14H,1-4H3,(H,25,27)/t14-/m1/s1. The van der Waals surface area contributed by atoms with Crippen molar-refractivity contribution in [1.29, 1.82) is 0 Å². The van der Waals surface area contributed by atoms with Crippen molar-refractivity contribution in [3.8, 4) is 11.8 Å². The van der Waals surface area contributed by atoms with E-state index in [1.165, 1.54) is 25.3 Å². The fraction of sp³-hybridized carbons (Fsp3) is 0.273. The van der Waals surface area contributed by atoms with Crippen LogP contribution in [-0.2, 0) is 0 Å². The second-order valence-corrected chi connectivity index (χ2v) is 7.13. The third-order valence-electron chi connectivity index (χ3n) is 4.60. The molecule has 0 saturated heterocycles. The normalized spacial score (nSPS) is 12.1. The van der Waals surface area contributed by atoms with Gasteiger partial charge < -0.3 is 14.5 Å². The molecule has 3 aromatic rings. The molecule has 0 aliphatic heterocycles. The van der Waals surface area contributed by atoms with Gasteiger partial charge >= 0.3 is 6.08 Å². The van der Waals surface area contributed by atoms with E-state index in [4.69, 9.17) is 9.15 Å². The van der Waals surface area contributed by atoms with Crippen molar-refractivity contribution in [3.63, 3.8) is 0 Å². The Morgan fingerprint density at radius 2 is 1.79 bits per heavy atom. The van der Waals surface area contributed by atoms with Crippen LogP contribution in [0.2, 0.25) is 0 Å². The number of amides is 1. The van der Waals surface area contributed by atoms with Crippen LogP contribution in [0.5, 0.6) is 11.8 Å². The van der Waals surface area contributed by atoms with E-state index in [1.54, 1.807) is 13.0 Å². The minimum Gasteiger partial charge on any atom is -0.416 e. The second kappa shape index (κ2) is 8.43. The molecule has 0 fully saturated rings. The summed E-state index contributed by atoms with van der Waals surface area (Å²) in [6.45, 7) is 7.11. The molecule has 0 aliphatic rings. The summed E-state index contributed by atoms with van der Waals surface area (Å²) in [5.41, 5.74) is 1.34. The lowest BCUT2D eigenvalue weighted by atomic mass is 10.0. The molecule has 5 nitrogen and oxygen atoms in total. The van der Waals surface area contributed by atoms with Gasteiger partial charge in [-0.15, -0.1) is 0 Å². The largest absolute Gasteiger partial charge is 0.416 e. The van der Waals surface area contributed by atoms with E-state index in [0.29, 0.717) is 17.2 Å². The number of oxazole rings is 1. The van der Waals surface area contributed by atoms with Gasteiger partial charge in [-0.1, -0.05) is 26.0 Å². The lowest BCUT2D eigenvalue weighted by Gasteiger charge is -2.14. The number of hydrogen-bond acceptors (Lipinski definition) is 4. The van der Waals surface area contributed by atoms with Gasteiger partial charge in [-0.2, -0.15) is 4.98 Å². The maximum atomic E-state index is 13.8. The Bertz CT molecular complexity index is 1010. The molecule has 0 saturated carbocycles. The number of ether oxygens (including phenoxy) is 1. The van der Waals surface area contributed by atoms with Crippen LogP contribution < -0.4 is 10.1 Å². The molecule has 1 aromatic heterocycles. The van der Waals surface area contributed by atoms with Gasteiger partial charge in [-0.05, 0) is 55.2 Å². The summed E-state index contributed by atoms with van der Waals surface area (Å²) in [6.07, 6.45) is 1.09. The highest BCUT2D eigenvalue weighted by Gasteiger charge is 2.18. The highest BCUT2D eigenvalue weighted by Crippen LogP contribution is 2.25. The quantitative estimate of drug-likeness (QED) is 0.579. The van der Waals surface area contributed by atoms with Crippen LogP contribution in [0.15, 0.2) is 47.1 Å². The first-order chi connectivity index (χ1) is 13.7. The fourth-order valence-corrected chi connectivity index (χ4v) is 2.72. The summed E-state index contributed by atoms with van der Waals surface area (Å²) in [7, 11) is 0. The first-order valence-electron chi connectivity index (χ1n) is 9.24. The van der Waals surface area contributed by atoms with Crippen molar-refractivity contribution in [2.24, 2.45) is 0 Å². The Morgan fingerprint density at radius 3 is 2.45 bits per heavy atom. The van der Waals surface area contributed by atoms with Crippen molar-refractivity contribution in [1.82, 2.24) is 10.3 Å². The average molecular weight is 400 g/mol. The Hall–Kier alpha value is -3.22. The van der Waals surface area contributed by atoms with Crippen molar-refractivity contribution in [2.45, 2.75) is 39.7 Å². The van der Waals surface area contributed by atoms with Crippen molar-refractivity contribution < 1.29 is 22.7 Å². The molecule has 0 aliphatic carbocycles. The number of aromatic nitrogens is 1. The van der Waals surface area contributed by atoms with Crippen LogP contribution in [0.4, 0.5) is 8.78 Å². The number of nitrogens with zero attached hydrogens (tertiary/aromatic N) is 1.